The lowest BCUT2D eigenvalue weighted by molar-refractivity contribution is -0.138. The van der Waals surface area contributed by atoms with Crippen molar-refractivity contribution in [2.24, 2.45) is 0 Å². The van der Waals surface area contributed by atoms with Crippen LogP contribution in [-0.2, 0) is 9.53 Å². The van der Waals surface area contributed by atoms with E-state index < -0.39 is 0 Å². The van der Waals surface area contributed by atoms with Crippen molar-refractivity contribution in [3.05, 3.63) is 29.3 Å². The van der Waals surface area contributed by atoms with Crippen LogP contribution < -0.4 is 5.32 Å². The van der Waals surface area contributed by atoms with Gasteiger partial charge in [0, 0.05) is 5.69 Å². The molecule has 0 radical (unpaired) electrons. The molecule has 0 aliphatic carbocycles. The van der Waals surface area contributed by atoms with Gasteiger partial charge in [-0.05, 0) is 37.1 Å². The lowest BCUT2D eigenvalue weighted by Crippen LogP contribution is -2.14. The predicted molar refractivity (Wildman–Crippen MR) is 56.4 cm³/mol. The maximum absolute atomic E-state index is 10.9. The van der Waals surface area contributed by atoms with Gasteiger partial charge in [-0.1, -0.05) is 6.07 Å². The van der Waals surface area contributed by atoms with E-state index in [2.05, 4.69) is 16.1 Å². The number of nitrogens with one attached hydrogen (secondary N) is 1. The molecule has 76 valence electrons. The summed E-state index contributed by atoms with van der Waals surface area (Å²) in [5, 5.41) is 3.00. The molecule has 0 aromatic heterocycles. The van der Waals surface area contributed by atoms with Crippen LogP contribution in [0.4, 0.5) is 5.69 Å². The maximum atomic E-state index is 10.9. The summed E-state index contributed by atoms with van der Waals surface area (Å²) >= 11 is 0. The fourth-order valence-corrected chi connectivity index (χ4v) is 1.32. The molecule has 0 aliphatic rings. The first-order chi connectivity index (χ1) is 6.61. The molecular formula is C11H15NO2. The zero-order valence-electron chi connectivity index (χ0n) is 8.76. The van der Waals surface area contributed by atoms with Crippen molar-refractivity contribution in [2.75, 3.05) is 19.0 Å². The molecule has 0 unspecified atom stereocenters. The molecule has 0 fully saturated rings. The molecule has 1 aromatic rings. The Balaban J connectivity index is 2.63. The van der Waals surface area contributed by atoms with Crippen LogP contribution in [-0.4, -0.2) is 19.6 Å². The summed E-state index contributed by atoms with van der Waals surface area (Å²) in [7, 11) is 1.38. The van der Waals surface area contributed by atoms with Crippen LogP contribution in [0.5, 0.6) is 0 Å². The van der Waals surface area contributed by atoms with Crippen molar-refractivity contribution >= 4 is 11.7 Å². The molecule has 1 rings (SSSR count). The smallest absolute Gasteiger partial charge is 0.325 e. The first kappa shape index (κ1) is 10.6. The molecule has 0 bridgehead atoms. The third-order valence-corrected chi connectivity index (χ3v) is 1.89. The van der Waals surface area contributed by atoms with Gasteiger partial charge in [0.2, 0.25) is 0 Å². The number of carbonyl (C=O) groups excluding carboxylic acids is 1. The minimum Gasteiger partial charge on any atom is -0.468 e. The second-order valence-corrected chi connectivity index (χ2v) is 3.31. The summed E-state index contributed by atoms with van der Waals surface area (Å²) in [6.07, 6.45) is 0. The Morgan fingerprint density at radius 3 is 2.36 bits per heavy atom. The molecule has 1 aromatic carbocycles. The SMILES string of the molecule is COC(=O)CNc1cc(C)cc(C)c1. The number of carbonyl (C=O) groups is 1. The van der Waals surface area contributed by atoms with E-state index in [1.807, 2.05) is 26.0 Å². The first-order valence-electron chi connectivity index (χ1n) is 4.51. The Hall–Kier alpha value is -1.51. The van der Waals surface area contributed by atoms with Gasteiger partial charge in [0.15, 0.2) is 0 Å². The van der Waals surface area contributed by atoms with Crippen molar-refractivity contribution in [2.45, 2.75) is 13.8 Å². The van der Waals surface area contributed by atoms with E-state index in [0.29, 0.717) is 0 Å². The maximum Gasteiger partial charge on any atom is 0.325 e. The monoisotopic (exact) mass is 193 g/mol. The van der Waals surface area contributed by atoms with E-state index in [9.17, 15) is 4.79 Å². The Kier molecular flexibility index (Phi) is 3.51. The Labute approximate surface area is 84.1 Å². The summed E-state index contributed by atoms with van der Waals surface area (Å²) in [5.74, 6) is -0.260. The number of hydrogen-bond donors (Lipinski definition) is 1. The Morgan fingerprint density at radius 1 is 1.29 bits per heavy atom. The van der Waals surface area contributed by atoms with Crippen LogP contribution >= 0.6 is 0 Å². The number of methoxy groups -OCH3 is 1. The summed E-state index contributed by atoms with van der Waals surface area (Å²) in [6.45, 7) is 4.26. The normalized spacial score (nSPS) is 9.64. The van der Waals surface area contributed by atoms with Crippen molar-refractivity contribution in [1.82, 2.24) is 0 Å². The summed E-state index contributed by atoms with van der Waals surface area (Å²) in [4.78, 5) is 10.9. The highest BCUT2D eigenvalue weighted by molar-refractivity contribution is 5.74. The molecule has 3 heteroatoms. The van der Waals surface area contributed by atoms with Gasteiger partial charge in [-0.2, -0.15) is 0 Å². The molecule has 0 atom stereocenters. The number of anilines is 1. The number of esters is 1. The van der Waals surface area contributed by atoms with Crippen LogP contribution in [0.2, 0.25) is 0 Å². The minimum absolute atomic E-state index is 0.208. The summed E-state index contributed by atoms with van der Waals surface area (Å²) in [5.41, 5.74) is 3.31. The van der Waals surface area contributed by atoms with Gasteiger partial charge >= 0.3 is 5.97 Å². The van der Waals surface area contributed by atoms with E-state index in [4.69, 9.17) is 0 Å². The molecule has 3 nitrogen and oxygen atoms in total. The van der Waals surface area contributed by atoms with Gasteiger partial charge in [-0.3, -0.25) is 4.79 Å². The molecule has 0 spiro atoms. The quantitative estimate of drug-likeness (QED) is 0.745. The predicted octanol–water partition coefficient (Wildman–Crippen LogP) is 1.89. The fraction of sp³-hybridized carbons (Fsp3) is 0.364. The Morgan fingerprint density at radius 2 is 1.86 bits per heavy atom. The van der Waals surface area contributed by atoms with E-state index in [1.54, 1.807) is 0 Å². The fourth-order valence-electron chi connectivity index (χ4n) is 1.32. The second kappa shape index (κ2) is 4.65. The average molecular weight is 193 g/mol. The number of aryl methyl sites for hydroxylation is 2. The molecule has 0 heterocycles. The highest BCUT2D eigenvalue weighted by atomic mass is 16.5. The van der Waals surface area contributed by atoms with Gasteiger partial charge in [-0.15, -0.1) is 0 Å². The zero-order valence-corrected chi connectivity index (χ0v) is 8.76. The van der Waals surface area contributed by atoms with E-state index >= 15 is 0 Å². The van der Waals surface area contributed by atoms with Crippen molar-refractivity contribution in [3.63, 3.8) is 0 Å². The first-order valence-corrected chi connectivity index (χ1v) is 4.51. The van der Waals surface area contributed by atoms with E-state index in [0.717, 1.165) is 5.69 Å². The lowest BCUT2D eigenvalue weighted by atomic mass is 10.1. The van der Waals surface area contributed by atoms with Gasteiger partial charge < -0.3 is 10.1 Å². The molecule has 1 N–H and O–H groups in total. The van der Waals surface area contributed by atoms with Crippen LogP contribution in [0.3, 0.4) is 0 Å². The van der Waals surface area contributed by atoms with Gasteiger partial charge in [-0.25, -0.2) is 0 Å². The van der Waals surface area contributed by atoms with Crippen LogP contribution in [0.1, 0.15) is 11.1 Å². The number of benzene rings is 1. The average Bonchev–Trinajstić information content (AvgIpc) is 2.12. The summed E-state index contributed by atoms with van der Waals surface area (Å²) < 4.78 is 4.53. The van der Waals surface area contributed by atoms with Crippen LogP contribution in [0, 0.1) is 13.8 Å². The number of hydrogen-bond acceptors (Lipinski definition) is 3. The minimum atomic E-state index is -0.260. The largest absolute Gasteiger partial charge is 0.468 e. The van der Waals surface area contributed by atoms with Crippen LogP contribution in [0.25, 0.3) is 0 Å². The molecule has 0 saturated heterocycles. The molecule has 0 aliphatic heterocycles. The molecule has 14 heavy (non-hydrogen) atoms. The molecule has 0 saturated carbocycles. The van der Waals surface area contributed by atoms with Crippen LogP contribution in [0.15, 0.2) is 18.2 Å². The topological polar surface area (TPSA) is 38.3 Å². The van der Waals surface area contributed by atoms with Crippen molar-refractivity contribution in [1.29, 1.82) is 0 Å². The van der Waals surface area contributed by atoms with Gasteiger partial charge in [0.1, 0.15) is 6.54 Å². The third-order valence-electron chi connectivity index (χ3n) is 1.89. The highest BCUT2D eigenvalue weighted by Gasteiger charge is 2.00. The highest BCUT2D eigenvalue weighted by Crippen LogP contribution is 2.13. The van der Waals surface area contributed by atoms with E-state index in [-0.39, 0.29) is 12.5 Å². The molecule has 0 amide bonds. The standard InChI is InChI=1S/C11H15NO2/c1-8-4-9(2)6-10(5-8)12-7-11(13)14-3/h4-6,12H,7H2,1-3H3. The third kappa shape index (κ3) is 3.09. The number of rotatable bonds is 3. The van der Waals surface area contributed by atoms with Crippen molar-refractivity contribution in [3.8, 4) is 0 Å². The molecular weight excluding hydrogens is 178 g/mol. The lowest BCUT2D eigenvalue weighted by Gasteiger charge is -2.07. The second-order valence-electron chi connectivity index (χ2n) is 3.31. The van der Waals surface area contributed by atoms with Crippen molar-refractivity contribution < 1.29 is 9.53 Å². The summed E-state index contributed by atoms with van der Waals surface area (Å²) in [6, 6.07) is 6.08. The Bertz CT molecular complexity index is 314. The van der Waals surface area contributed by atoms with Gasteiger partial charge in [0.05, 0.1) is 7.11 Å². The zero-order chi connectivity index (χ0) is 10.6. The van der Waals surface area contributed by atoms with E-state index in [1.165, 1.54) is 18.2 Å². The number of ether oxygens (including phenoxy) is 1. The van der Waals surface area contributed by atoms with Gasteiger partial charge in [0.25, 0.3) is 0 Å².